The Balaban J connectivity index is 1.39. The second kappa shape index (κ2) is 9.04. The van der Waals surface area contributed by atoms with Crippen LogP contribution in [-0.2, 0) is 16.1 Å². The summed E-state index contributed by atoms with van der Waals surface area (Å²) in [5.74, 6) is 2.62. The highest BCUT2D eigenvalue weighted by Crippen LogP contribution is 2.49. The third-order valence-corrected chi connectivity index (χ3v) is 7.16. The van der Waals surface area contributed by atoms with Crippen molar-refractivity contribution in [3.63, 3.8) is 0 Å². The Hall–Kier alpha value is -3.31. The van der Waals surface area contributed by atoms with Gasteiger partial charge in [0.2, 0.25) is 0 Å². The highest BCUT2D eigenvalue weighted by Gasteiger charge is 2.43. The van der Waals surface area contributed by atoms with Gasteiger partial charge in [-0.1, -0.05) is 24.3 Å². The lowest BCUT2D eigenvalue weighted by Gasteiger charge is -2.25. The SMILES string of the molecule is COC1c2c(cc(C)c(-c3cccc(COc4ccc5c(c4)OCC5CC=O)c3)c2C)OC1(C)C. The van der Waals surface area contributed by atoms with Crippen LogP contribution in [0.1, 0.15) is 60.1 Å². The zero-order valence-corrected chi connectivity index (χ0v) is 21.0. The number of benzene rings is 3. The van der Waals surface area contributed by atoms with Crippen LogP contribution in [-0.4, -0.2) is 25.6 Å². The molecule has 5 heteroatoms. The second-order valence-corrected chi connectivity index (χ2v) is 10.0. The van der Waals surface area contributed by atoms with Crippen molar-refractivity contribution in [3.05, 3.63) is 76.3 Å². The Morgan fingerprint density at radius 1 is 1.09 bits per heavy atom. The van der Waals surface area contributed by atoms with Crippen molar-refractivity contribution in [2.24, 2.45) is 0 Å². The molecule has 0 saturated heterocycles. The number of hydrogen-bond donors (Lipinski definition) is 0. The van der Waals surface area contributed by atoms with Crippen LogP contribution in [0.3, 0.4) is 0 Å². The molecule has 0 radical (unpaired) electrons. The largest absolute Gasteiger partial charge is 0.492 e. The van der Waals surface area contributed by atoms with Gasteiger partial charge in [-0.15, -0.1) is 0 Å². The van der Waals surface area contributed by atoms with Crippen LogP contribution in [0.25, 0.3) is 11.1 Å². The first-order valence-electron chi connectivity index (χ1n) is 12.1. The smallest absolute Gasteiger partial charge is 0.134 e. The molecule has 2 heterocycles. The molecular formula is C30H32O5. The van der Waals surface area contributed by atoms with E-state index in [2.05, 4.69) is 58.0 Å². The average Bonchev–Trinajstić information content (AvgIpc) is 3.34. The van der Waals surface area contributed by atoms with Gasteiger partial charge >= 0.3 is 0 Å². The fourth-order valence-corrected chi connectivity index (χ4v) is 5.54. The molecular weight excluding hydrogens is 440 g/mol. The Kier molecular flexibility index (Phi) is 6.06. The van der Waals surface area contributed by atoms with Gasteiger partial charge in [-0.2, -0.15) is 0 Å². The van der Waals surface area contributed by atoms with Gasteiger partial charge in [-0.3, -0.25) is 0 Å². The topological polar surface area (TPSA) is 54.0 Å². The summed E-state index contributed by atoms with van der Waals surface area (Å²) >= 11 is 0. The van der Waals surface area contributed by atoms with E-state index in [4.69, 9.17) is 18.9 Å². The van der Waals surface area contributed by atoms with Crippen molar-refractivity contribution in [1.82, 2.24) is 0 Å². The van der Waals surface area contributed by atoms with Gasteiger partial charge in [0.25, 0.3) is 0 Å². The molecule has 2 aliphatic heterocycles. The zero-order chi connectivity index (χ0) is 24.7. The predicted molar refractivity (Wildman–Crippen MR) is 135 cm³/mol. The first-order chi connectivity index (χ1) is 16.8. The number of methoxy groups -OCH3 is 1. The van der Waals surface area contributed by atoms with Crippen LogP contribution in [0, 0.1) is 13.8 Å². The molecule has 0 aromatic heterocycles. The van der Waals surface area contributed by atoms with E-state index < -0.39 is 5.60 Å². The number of aryl methyl sites for hydroxylation is 1. The summed E-state index contributed by atoms with van der Waals surface area (Å²) in [6.45, 7) is 9.42. The number of fused-ring (bicyclic) bond motifs is 2. The molecule has 0 N–H and O–H groups in total. The Labute approximate surface area is 207 Å². The first-order valence-corrected chi connectivity index (χ1v) is 12.1. The van der Waals surface area contributed by atoms with Crippen LogP contribution in [0.4, 0.5) is 0 Å². The van der Waals surface area contributed by atoms with Crippen molar-refractivity contribution in [1.29, 1.82) is 0 Å². The molecule has 5 rings (SSSR count). The van der Waals surface area contributed by atoms with E-state index in [1.165, 1.54) is 16.7 Å². The van der Waals surface area contributed by atoms with Crippen LogP contribution in [0.15, 0.2) is 48.5 Å². The van der Waals surface area contributed by atoms with Gasteiger partial charge in [0.15, 0.2) is 0 Å². The number of carbonyl (C=O) groups is 1. The van der Waals surface area contributed by atoms with E-state index in [0.717, 1.165) is 45.8 Å². The molecule has 0 saturated carbocycles. The van der Waals surface area contributed by atoms with Gasteiger partial charge in [-0.05, 0) is 73.7 Å². The summed E-state index contributed by atoms with van der Waals surface area (Å²) in [5.41, 5.74) is 7.61. The van der Waals surface area contributed by atoms with E-state index in [0.29, 0.717) is 19.6 Å². The molecule has 0 fully saturated rings. The average molecular weight is 473 g/mol. The highest BCUT2D eigenvalue weighted by atomic mass is 16.6. The summed E-state index contributed by atoms with van der Waals surface area (Å²) in [7, 11) is 1.74. The van der Waals surface area contributed by atoms with Crippen molar-refractivity contribution in [3.8, 4) is 28.4 Å². The summed E-state index contributed by atoms with van der Waals surface area (Å²) in [4.78, 5) is 10.9. The fourth-order valence-electron chi connectivity index (χ4n) is 5.54. The number of hydrogen-bond acceptors (Lipinski definition) is 5. The zero-order valence-electron chi connectivity index (χ0n) is 21.0. The lowest BCUT2D eigenvalue weighted by molar-refractivity contribution is -0.108. The van der Waals surface area contributed by atoms with E-state index >= 15 is 0 Å². The standard InChI is InChI=1S/C30H32O5/c1-18-13-26-28(29(32-5)30(3,4)35-26)19(2)27(18)21-8-6-7-20(14-21)16-33-23-9-10-24-22(11-12-31)17-34-25(24)15-23/h6-10,12-15,22,29H,11,16-17H2,1-5H3. The Bertz CT molecular complexity index is 1280. The fraction of sp³-hybridized carbons (Fsp3) is 0.367. The first kappa shape index (κ1) is 23.4. The molecule has 0 bridgehead atoms. The highest BCUT2D eigenvalue weighted by molar-refractivity contribution is 5.75. The number of ether oxygens (including phenoxy) is 4. The molecule has 2 atom stereocenters. The number of rotatable bonds is 7. The third-order valence-electron chi connectivity index (χ3n) is 7.16. The molecule has 2 unspecified atom stereocenters. The normalized spacial score (nSPS) is 19.5. The molecule has 3 aromatic rings. The van der Waals surface area contributed by atoms with Crippen LogP contribution >= 0.6 is 0 Å². The quantitative estimate of drug-likeness (QED) is 0.369. The predicted octanol–water partition coefficient (Wildman–Crippen LogP) is 6.47. The Morgan fingerprint density at radius 2 is 1.91 bits per heavy atom. The summed E-state index contributed by atoms with van der Waals surface area (Å²) in [5, 5.41) is 0. The monoisotopic (exact) mass is 472 g/mol. The maximum Gasteiger partial charge on any atom is 0.134 e. The summed E-state index contributed by atoms with van der Waals surface area (Å²) in [6, 6.07) is 16.5. The minimum atomic E-state index is -0.407. The second-order valence-electron chi connectivity index (χ2n) is 10.0. The van der Waals surface area contributed by atoms with E-state index in [1.807, 2.05) is 18.2 Å². The van der Waals surface area contributed by atoms with Gasteiger partial charge in [0.1, 0.15) is 41.8 Å². The van der Waals surface area contributed by atoms with Gasteiger partial charge in [-0.25, -0.2) is 0 Å². The minimum absolute atomic E-state index is 0.114. The summed E-state index contributed by atoms with van der Waals surface area (Å²) in [6.07, 6.45) is 1.32. The lowest BCUT2D eigenvalue weighted by Crippen LogP contribution is -2.31. The van der Waals surface area contributed by atoms with Crippen molar-refractivity contribution in [2.75, 3.05) is 13.7 Å². The maximum atomic E-state index is 10.9. The van der Waals surface area contributed by atoms with Crippen molar-refractivity contribution in [2.45, 2.75) is 58.3 Å². The minimum Gasteiger partial charge on any atom is -0.492 e. The van der Waals surface area contributed by atoms with Crippen molar-refractivity contribution >= 4 is 6.29 Å². The molecule has 0 aliphatic carbocycles. The van der Waals surface area contributed by atoms with Crippen LogP contribution in [0.2, 0.25) is 0 Å². The molecule has 182 valence electrons. The summed E-state index contributed by atoms with van der Waals surface area (Å²) < 4.78 is 24.0. The molecule has 2 aliphatic rings. The molecule has 35 heavy (non-hydrogen) atoms. The van der Waals surface area contributed by atoms with Gasteiger partial charge in [0.05, 0.1) is 6.61 Å². The van der Waals surface area contributed by atoms with Crippen LogP contribution < -0.4 is 14.2 Å². The number of carbonyl (C=O) groups excluding carboxylic acids is 1. The molecule has 0 amide bonds. The molecule has 5 nitrogen and oxygen atoms in total. The van der Waals surface area contributed by atoms with E-state index in [1.54, 1.807) is 7.11 Å². The Morgan fingerprint density at radius 3 is 2.69 bits per heavy atom. The molecule has 0 spiro atoms. The third kappa shape index (κ3) is 4.19. The lowest BCUT2D eigenvalue weighted by atomic mass is 9.87. The van der Waals surface area contributed by atoms with Crippen molar-refractivity contribution < 1.29 is 23.7 Å². The van der Waals surface area contributed by atoms with Crippen LogP contribution in [0.5, 0.6) is 17.2 Å². The maximum absolute atomic E-state index is 10.9. The van der Waals surface area contributed by atoms with E-state index in [-0.39, 0.29) is 12.0 Å². The van der Waals surface area contributed by atoms with Gasteiger partial charge in [0, 0.05) is 36.6 Å². The molecule has 3 aromatic carbocycles. The van der Waals surface area contributed by atoms with E-state index in [9.17, 15) is 4.79 Å². The van der Waals surface area contributed by atoms with Gasteiger partial charge < -0.3 is 23.7 Å². The number of aldehydes is 1.